The first-order valence-electron chi connectivity index (χ1n) is 11.8. The van der Waals surface area contributed by atoms with E-state index in [2.05, 4.69) is 79.3 Å². The number of esters is 1. The number of hydrogen-bond donors (Lipinski definition) is 1. The molecule has 6 heteroatoms. The van der Waals surface area contributed by atoms with Gasteiger partial charge in [0.15, 0.2) is 0 Å². The molecule has 0 radical (unpaired) electrons. The minimum atomic E-state index is -0.858. The lowest BCUT2D eigenvalue weighted by atomic mass is 9.57. The van der Waals surface area contributed by atoms with Crippen molar-refractivity contribution in [1.82, 2.24) is 9.80 Å². The Bertz CT molecular complexity index is 683. The molecule has 0 bridgehead atoms. The molecular weight excluding hydrogens is 392 g/mol. The summed E-state index contributed by atoms with van der Waals surface area (Å²) in [6.07, 6.45) is 1.81. The van der Waals surface area contributed by atoms with Crippen LogP contribution in [0.15, 0.2) is 0 Å². The first-order chi connectivity index (χ1) is 14.0. The fraction of sp³-hybridized carbons (Fsp3) is 0.920. The first-order valence-corrected chi connectivity index (χ1v) is 11.8. The van der Waals surface area contributed by atoms with Gasteiger partial charge in [-0.15, -0.1) is 0 Å². The van der Waals surface area contributed by atoms with Crippen LogP contribution in [-0.2, 0) is 14.3 Å². The Kier molecular flexibility index (Phi) is 7.30. The summed E-state index contributed by atoms with van der Waals surface area (Å²) in [5, 5.41) is 9.35. The van der Waals surface area contributed by atoms with Gasteiger partial charge in [0.25, 0.3) is 0 Å². The lowest BCUT2D eigenvalue weighted by Crippen LogP contribution is -2.63. The number of carbonyl (C=O) groups is 2. The van der Waals surface area contributed by atoms with Crippen molar-refractivity contribution in [3.05, 3.63) is 0 Å². The Labute approximate surface area is 189 Å². The van der Waals surface area contributed by atoms with Crippen LogP contribution in [0.4, 0.5) is 0 Å². The molecule has 1 N–H and O–H groups in total. The molecule has 2 rings (SSSR count). The number of likely N-dealkylation sites (tertiary alicyclic amines) is 2. The molecule has 3 atom stereocenters. The van der Waals surface area contributed by atoms with Crippen molar-refractivity contribution in [3.63, 3.8) is 0 Å². The standard InChI is InChI=1S/C25H46N2O4/c1-22(2)18(13-15-26(9)24(22,5)6)17(11-12-20(28)29)21(30)31-19-14-16-27(10)25(7,8)23(19,3)4/h17-19H,11-16H2,1-10H3,(H,28,29). The van der Waals surface area contributed by atoms with Crippen LogP contribution in [0.5, 0.6) is 0 Å². The van der Waals surface area contributed by atoms with E-state index in [1.54, 1.807) is 0 Å². The topological polar surface area (TPSA) is 70.1 Å². The molecule has 0 saturated carbocycles. The van der Waals surface area contributed by atoms with Crippen molar-refractivity contribution in [2.45, 2.75) is 98.3 Å². The second kappa shape index (κ2) is 8.66. The lowest BCUT2D eigenvalue weighted by Gasteiger charge is -2.58. The summed E-state index contributed by atoms with van der Waals surface area (Å²) < 4.78 is 6.25. The third-order valence-corrected chi connectivity index (χ3v) is 10.0. The van der Waals surface area contributed by atoms with Gasteiger partial charge in [0.05, 0.1) is 5.92 Å². The fourth-order valence-electron chi connectivity index (χ4n) is 5.66. The number of carbonyl (C=O) groups excluding carboxylic acids is 1. The van der Waals surface area contributed by atoms with E-state index in [4.69, 9.17) is 4.74 Å². The van der Waals surface area contributed by atoms with E-state index < -0.39 is 11.9 Å². The van der Waals surface area contributed by atoms with E-state index in [9.17, 15) is 14.7 Å². The summed E-state index contributed by atoms with van der Waals surface area (Å²) in [6, 6.07) is 0. The molecule has 0 spiro atoms. The zero-order valence-corrected chi connectivity index (χ0v) is 21.5. The van der Waals surface area contributed by atoms with Gasteiger partial charge in [-0.2, -0.15) is 0 Å². The van der Waals surface area contributed by atoms with Gasteiger partial charge in [0.2, 0.25) is 0 Å². The molecule has 0 aromatic rings. The predicted molar refractivity (Wildman–Crippen MR) is 124 cm³/mol. The SMILES string of the molecule is CN1CCC(OC(=O)C(CCC(=O)O)C2CCN(C)C(C)(C)C2(C)C)C(C)(C)C1(C)C. The molecule has 2 heterocycles. The van der Waals surface area contributed by atoms with E-state index in [-0.39, 0.29) is 46.3 Å². The number of rotatable bonds is 6. The second-order valence-corrected chi connectivity index (χ2v) is 12.1. The molecule has 2 fully saturated rings. The van der Waals surface area contributed by atoms with Gasteiger partial charge in [-0.3, -0.25) is 9.59 Å². The highest BCUT2D eigenvalue weighted by Gasteiger charge is 2.54. The monoisotopic (exact) mass is 438 g/mol. The minimum Gasteiger partial charge on any atom is -0.481 e. The summed E-state index contributed by atoms with van der Waals surface area (Å²) in [5.41, 5.74) is -0.591. The summed E-state index contributed by atoms with van der Waals surface area (Å²) in [6.45, 7) is 19.4. The van der Waals surface area contributed by atoms with Crippen LogP contribution in [0.1, 0.15) is 81.1 Å². The maximum Gasteiger partial charge on any atom is 0.309 e. The smallest absolute Gasteiger partial charge is 0.309 e. The van der Waals surface area contributed by atoms with E-state index in [0.717, 1.165) is 25.9 Å². The molecule has 31 heavy (non-hydrogen) atoms. The Morgan fingerprint density at radius 2 is 1.39 bits per heavy atom. The van der Waals surface area contributed by atoms with E-state index >= 15 is 0 Å². The predicted octanol–water partition coefficient (Wildman–Crippen LogP) is 4.28. The Morgan fingerprint density at radius 1 is 0.903 bits per heavy atom. The van der Waals surface area contributed by atoms with Gasteiger partial charge >= 0.3 is 11.9 Å². The Hall–Kier alpha value is -1.14. The number of carboxylic acids is 1. The van der Waals surface area contributed by atoms with Crippen LogP contribution in [-0.4, -0.2) is 71.2 Å². The van der Waals surface area contributed by atoms with E-state index in [1.165, 1.54) is 0 Å². The summed E-state index contributed by atoms with van der Waals surface area (Å²) in [5.74, 6) is -1.40. The molecule has 0 aromatic heterocycles. The molecule has 2 saturated heterocycles. The van der Waals surface area contributed by atoms with Gasteiger partial charge in [-0.05, 0) is 78.9 Å². The van der Waals surface area contributed by atoms with Crippen molar-refractivity contribution in [2.75, 3.05) is 27.2 Å². The third kappa shape index (κ3) is 4.52. The van der Waals surface area contributed by atoms with Crippen LogP contribution in [0.2, 0.25) is 0 Å². The van der Waals surface area contributed by atoms with Gasteiger partial charge < -0.3 is 19.6 Å². The number of aliphatic carboxylic acids is 1. The molecule has 0 amide bonds. The molecule has 0 aromatic carbocycles. The zero-order valence-electron chi connectivity index (χ0n) is 21.5. The minimum absolute atomic E-state index is 0.00902. The maximum atomic E-state index is 13.6. The fourth-order valence-corrected chi connectivity index (χ4v) is 5.66. The van der Waals surface area contributed by atoms with Gasteiger partial charge in [0, 0.05) is 29.5 Å². The number of ether oxygens (including phenoxy) is 1. The highest BCUT2D eigenvalue weighted by Crippen LogP contribution is 2.51. The highest BCUT2D eigenvalue weighted by atomic mass is 16.5. The normalized spacial score (nSPS) is 31.0. The van der Waals surface area contributed by atoms with Crippen molar-refractivity contribution >= 4 is 11.9 Å². The quantitative estimate of drug-likeness (QED) is 0.624. The van der Waals surface area contributed by atoms with Crippen LogP contribution in [0.25, 0.3) is 0 Å². The number of hydrogen-bond acceptors (Lipinski definition) is 5. The average molecular weight is 439 g/mol. The van der Waals surface area contributed by atoms with Crippen molar-refractivity contribution in [1.29, 1.82) is 0 Å². The highest BCUT2D eigenvalue weighted by molar-refractivity contribution is 5.75. The summed E-state index contributed by atoms with van der Waals surface area (Å²) in [4.78, 5) is 29.7. The van der Waals surface area contributed by atoms with Crippen molar-refractivity contribution in [3.8, 4) is 0 Å². The molecule has 2 aliphatic heterocycles. The number of nitrogens with zero attached hydrogens (tertiary/aromatic N) is 2. The molecule has 6 nitrogen and oxygen atoms in total. The average Bonchev–Trinajstić information content (AvgIpc) is 2.63. The molecule has 180 valence electrons. The number of piperidine rings is 2. The van der Waals surface area contributed by atoms with E-state index in [0.29, 0.717) is 6.42 Å². The molecule has 0 aliphatic carbocycles. The number of carboxylic acid groups (broad SMARTS) is 1. The lowest BCUT2D eigenvalue weighted by molar-refractivity contribution is -0.183. The molecule has 2 aliphatic rings. The molecular formula is C25H46N2O4. The Morgan fingerprint density at radius 3 is 1.90 bits per heavy atom. The zero-order chi connectivity index (χ0) is 24.0. The third-order valence-electron chi connectivity index (χ3n) is 10.0. The van der Waals surface area contributed by atoms with Crippen LogP contribution in [0.3, 0.4) is 0 Å². The first kappa shape index (κ1) is 26.1. The van der Waals surface area contributed by atoms with Gasteiger partial charge in [-0.25, -0.2) is 0 Å². The second-order valence-electron chi connectivity index (χ2n) is 12.1. The largest absolute Gasteiger partial charge is 0.481 e. The Balaban J connectivity index is 2.32. The van der Waals surface area contributed by atoms with Crippen LogP contribution < -0.4 is 0 Å². The summed E-state index contributed by atoms with van der Waals surface area (Å²) >= 11 is 0. The molecule has 3 unspecified atom stereocenters. The maximum absolute atomic E-state index is 13.6. The van der Waals surface area contributed by atoms with Crippen LogP contribution >= 0.6 is 0 Å². The summed E-state index contributed by atoms with van der Waals surface area (Å²) in [7, 11) is 4.25. The van der Waals surface area contributed by atoms with Crippen molar-refractivity contribution in [2.24, 2.45) is 22.7 Å². The van der Waals surface area contributed by atoms with Crippen molar-refractivity contribution < 1.29 is 19.4 Å². The van der Waals surface area contributed by atoms with Gasteiger partial charge in [0.1, 0.15) is 6.10 Å². The van der Waals surface area contributed by atoms with E-state index in [1.807, 2.05) is 0 Å². The van der Waals surface area contributed by atoms with Crippen LogP contribution in [0, 0.1) is 22.7 Å². The van der Waals surface area contributed by atoms with Gasteiger partial charge in [-0.1, -0.05) is 27.7 Å².